The Balaban J connectivity index is 1.87. The Morgan fingerprint density at radius 1 is 1.07 bits per heavy atom. The number of carbonyl (C=O) groups is 1. The molecule has 0 unspecified atom stereocenters. The van der Waals surface area contributed by atoms with Gasteiger partial charge in [0.05, 0.1) is 12.8 Å². The Labute approximate surface area is 170 Å². The number of anilines is 1. The summed E-state index contributed by atoms with van der Waals surface area (Å²) in [4.78, 5) is 13.0. The number of amides is 1. The molecule has 2 rings (SSSR count). The Morgan fingerprint density at radius 3 is 2.25 bits per heavy atom. The fraction of sp³-hybridized carbons (Fsp3) is 0.250. The largest absolute Gasteiger partial charge is 0.497 e. The molecule has 0 saturated heterocycles. The molecule has 0 heterocycles. The number of thiocarbonyl (C=S) groups is 1. The summed E-state index contributed by atoms with van der Waals surface area (Å²) < 4.78 is 10.6. The topological polar surface area (TPSA) is 75.2 Å². The number of hydrogen-bond donors (Lipinski definition) is 2. The van der Waals surface area contributed by atoms with Crippen molar-refractivity contribution in [3.63, 3.8) is 0 Å². The molecule has 0 aliphatic carbocycles. The summed E-state index contributed by atoms with van der Waals surface area (Å²) in [5.74, 6) is 1.30. The highest BCUT2D eigenvalue weighted by Crippen LogP contribution is 2.15. The summed E-state index contributed by atoms with van der Waals surface area (Å²) in [5.41, 5.74) is 5.32. The molecule has 0 aliphatic heterocycles. The minimum Gasteiger partial charge on any atom is -0.497 e. The van der Waals surface area contributed by atoms with Gasteiger partial charge in [-0.05, 0) is 73.2 Å². The number of benzene rings is 2. The van der Waals surface area contributed by atoms with Gasteiger partial charge in [-0.25, -0.2) is 0 Å². The van der Waals surface area contributed by atoms with Crippen molar-refractivity contribution >= 4 is 34.6 Å². The second kappa shape index (κ2) is 10.3. The Bertz CT molecular complexity index is 834. The highest BCUT2D eigenvalue weighted by Gasteiger charge is 2.05. The lowest BCUT2D eigenvalue weighted by atomic mass is 10.1. The summed E-state index contributed by atoms with van der Waals surface area (Å²) in [6.07, 6.45) is 0. The molecule has 0 spiro atoms. The number of rotatable bonds is 7. The first-order valence-electron chi connectivity index (χ1n) is 8.57. The van der Waals surface area contributed by atoms with Crippen LogP contribution >= 0.6 is 12.2 Å². The number of likely N-dealkylation sites (N-methyl/N-ethyl adjacent to an activating group) is 1. The smallest absolute Gasteiger partial charge is 0.259 e. The van der Waals surface area contributed by atoms with E-state index in [9.17, 15) is 4.79 Å². The molecular formula is C20H24N4O3S. The highest BCUT2D eigenvalue weighted by atomic mass is 32.1. The van der Waals surface area contributed by atoms with Crippen molar-refractivity contribution in [1.29, 1.82) is 0 Å². The molecule has 0 fully saturated rings. The van der Waals surface area contributed by atoms with Crippen LogP contribution < -0.4 is 20.2 Å². The first-order chi connectivity index (χ1) is 13.4. The molecule has 2 aromatic carbocycles. The van der Waals surface area contributed by atoms with Gasteiger partial charge in [0, 0.05) is 19.8 Å². The van der Waals surface area contributed by atoms with Gasteiger partial charge in [0.1, 0.15) is 11.5 Å². The van der Waals surface area contributed by atoms with Crippen molar-refractivity contribution in [3.8, 4) is 11.5 Å². The highest BCUT2D eigenvalue weighted by molar-refractivity contribution is 7.80. The number of ether oxygens (including phenoxy) is 2. The molecule has 0 aliphatic rings. The van der Waals surface area contributed by atoms with Crippen LogP contribution in [0.4, 0.5) is 5.69 Å². The van der Waals surface area contributed by atoms with Gasteiger partial charge in [0.15, 0.2) is 11.7 Å². The summed E-state index contributed by atoms with van der Waals surface area (Å²) in [6, 6.07) is 14.7. The van der Waals surface area contributed by atoms with Crippen LogP contribution in [-0.4, -0.2) is 49.4 Å². The van der Waals surface area contributed by atoms with Crippen LogP contribution in [0.2, 0.25) is 0 Å². The SMILES string of the molecule is COc1ccc(NC(=S)N/N=C(/C)c2ccc(OCC(=O)N(C)C)cc2)cc1. The average Bonchev–Trinajstić information content (AvgIpc) is 2.71. The van der Waals surface area contributed by atoms with E-state index in [-0.39, 0.29) is 12.5 Å². The van der Waals surface area contributed by atoms with Crippen LogP contribution in [-0.2, 0) is 4.79 Å². The standard InChI is InChI=1S/C20H24N4O3S/c1-14(15-5-9-18(10-6-15)27-13-19(25)24(2)3)22-23-20(28)21-16-7-11-17(26-4)12-8-16/h5-12H,13H2,1-4H3,(H2,21,23,28)/b22-14-. The first-order valence-corrected chi connectivity index (χ1v) is 8.98. The predicted octanol–water partition coefficient (Wildman–Crippen LogP) is 2.87. The van der Waals surface area contributed by atoms with Crippen molar-refractivity contribution in [1.82, 2.24) is 10.3 Å². The van der Waals surface area contributed by atoms with E-state index in [1.165, 1.54) is 4.90 Å². The van der Waals surface area contributed by atoms with E-state index in [4.69, 9.17) is 21.7 Å². The minimum absolute atomic E-state index is 0.00622. The lowest BCUT2D eigenvalue weighted by Gasteiger charge is -2.11. The maximum Gasteiger partial charge on any atom is 0.259 e. The second-order valence-corrected chi connectivity index (χ2v) is 6.50. The maximum atomic E-state index is 11.6. The third-order valence-electron chi connectivity index (χ3n) is 3.81. The van der Waals surface area contributed by atoms with Crippen molar-refractivity contribution in [2.75, 3.05) is 33.1 Å². The zero-order valence-corrected chi connectivity index (χ0v) is 17.2. The lowest BCUT2D eigenvalue weighted by molar-refractivity contribution is -0.130. The van der Waals surface area contributed by atoms with E-state index in [0.29, 0.717) is 10.9 Å². The summed E-state index contributed by atoms with van der Waals surface area (Å²) in [7, 11) is 5.00. The summed E-state index contributed by atoms with van der Waals surface area (Å²) in [6.45, 7) is 1.88. The summed E-state index contributed by atoms with van der Waals surface area (Å²) in [5, 5.41) is 7.72. The van der Waals surface area contributed by atoms with E-state index < -0.39 is 0 Å². The van der Waals surface area contributed by atoms with E-state index in [1.807, 2.05) is 43.3 Å². The second-order valence-electron chi connectivity index (χ2n) is 6.09. The number of methoxy groups -OCH3 is 1. The van der Waals surface area contributed by atoms with E-state index in [2.05, 4.69) is 15.8 Å². The molecule has 1 amide bonds. The molecule has 2 N–H and O–H groups in total. The molecule has 148 valence electrons. The molecule has 8 heteroatoms. The van der Waals surface area contributed by atoms with Gasteiger partial charge in [-0.3, -0.25) is 10.2 Å². The maximum absolute atomic E-state index is 11.6. The molecule has 0 aromatic heterocycles. The van der Waals surface area contributed by atoms with Gasteiger partial charge in [-0.1, -0.05) is 0 Å². The van der Waals surface area contributed by atoms with Crippen LogP contribution in [0.1, 0.15) is 12.5 Å². The molecule has 2 aromatic rings. The fourth-order valence-electron chi connectivity index (χ4n) is 2.10. The normalized spacial score (nSPS) is 10.8. The van der Waals surface area contributed by atoms with Gasteiger partial charge in [0.2, 0.25) is 0 Å². The molecule has 28 heavy (non-hydrogen) atoms. The van der Waals surface area contributed by atoms with E-state index in [0.717, 1.165) is 22.7 Å². The fourth-order valence-corrected chi connectivity index (χ4v) is 2.26. The number of nitrogens with zero attached hydrogens (tertiary/aromatic N) is 2. The van der Waals surface area contributed by atoms with Gasteiger partial charge in [0.25, 0.3) is 5.91 Å². The zero-order valence-electron chi connectivity index (χ0n) is 16.4. The van der Waals surface area contributed by atoms with Crippen LogP contribution in [0, 0.1) is 0 Å². The van der Waals surface area contributed by atoms with Crippen LogP contribution in [0.25, 0.3) is 0 Å². The molecule has 0 bridgehead atoms. The van der Waals surface area contributed by atoms with Crippen molar-refractivity contribution < 1.29 is 14.3 Å². The predicted molar refractivity (Wildman–Crippen MR) is 115 cm³/mol. The average molecular weight is 401 g/mol. The van der Waals surface area contributed by atoms with Crippen LogP contribution in [0.15, 0.2) is 53.6 Å². The van der Waals surface area contributed by atoms with Crippen LogP contribution in [0.3, 0.4) is 0 Å². The van der Waals surface area contributed by atoms with E-state index in [1.54, 1.807) is 33.3 Å². The minimum atomic E-state index is -0.0936. The zero-order chi connectivity index (χ0) is 20.5. The Kier molecular flexibility index (Phi) is 7.76. The van der Waals surface area contributed by atoms with Gasteiger partial charge >= 0.3 is 0 Å². The molecule has 7 nitrogen and oxygen atoms in total. The number of hydrogen-bond acceptors (Lipinski definition) is 5. The Hall–Kier alpha value is -3.13. The summed E-state index contributed by atoms with van der Waals surface area (Å²) >= 11 is 5.25. The van der Waals surface area contributed by atoms with Gasteiger partial charge < -0.3 is 19.7 Å². The van der Waals surface area contributed by atoms with Crippen molar-refractivity contribution in [2.45, 2.75) is 6.92 Å². The number of nitrogens with one attached hydrogen (secondary N) is 2. The first kappa shape index (κ1) is 21.2. The third-order valence-corrected chi connectivity index (χ3v) is 4.00. The van der Waals surface area contributed by atoms with E-state index >= 15 is 0 Å². The van der Waals surface area contributed by atoms with Gasteiger partial charge in [-0.15, -0.1) is 0 Å². The van der Waals surface area contributed by atoms with Gasteiger partial charge in [-0.2, -0.15) is 5.10 Å². The number of carbonyl (C=O) groups excluding carboxylic acids is 1. The van der Waals surface area contributed by atoms with Crippen LogP contribution in [0.5, 0.6) is 11.5 Å². The Morgan fingerprint density at radius 2 is 1.68 bits per heavy atom. The quantitative estimate of drug-likeness (QED) is 0.423. The number of hydrazone groups is 1. The molecule has 0 atom stereocenters. The molecule has 0 radical (unpaired) electrons. The van der Waals surface area contributed by atoms with Crippen molar-refractivity contribution in [3.05, 3.63) is 54.1 Å². The third kappa shape index (κ3) is 6.55. The molecule has 0 saturated carbocycles. The monoisotopic (exact) mass is 400 g/mol. The van der Waals surface area contributed by atoms with Crippen molar-refractivity contribution in [2.24, 2.45) is 5.10 Å². The molecular weight excluding hydrogens is 376 g/mol. The lowest BCUT2D eigenvalue weighted by Crippen LogP contribution is -2.27.